The first-order valence-corrected chi connectivity index (χ1v) is 8.19. The van der Waals surface area contributed by atoms with Crippen LogP contribution in [0.15, 0.2) is 54.6 Å². The Kier molecular flexibility index (Phi) is 6.57. The number of hydrogen-bond donors (Lipinski definition) is 2. The summed E-state index contributed by atoms with van der Waals surface area (Å²) in [5, 5.41) is 12.0. The summed E-state index contributed by atoms with van der Waals surface area (Å²) in [5.41, 5.74) is 1.79. The number of methoxy groups -OCH3 is 1. The van der Waals surface area contributed by atoms with E-state index in [2.05, 4.69) is 5.32 Å². The fourth-order valence-electron chi connectivity index (χ4n) is 2.71. The molecule has 2 aromatic rings. The third-order valence-corrected chi connectivity index (χ3v) is 4.07. The van der Waals surface area contributed by atoms with Crippen LogP contribution in [-0.4, -0.2) is 24.1 Å². The second kappa shape index (κ2) is 8.87. The third kappa shape index (κ3) is 5.64. The second-order valence-electron chi connectivity index (χ2n) is 6.01. The average molecular weight is 341 g/mol. The SMILES string of the molecule is COc1cccc(C(C)CC(=O)NC(CC(=O)O)c2ccccc2)c1. The van der Waals surface area contributed by atoms with E-state index in [0.29, 0.717) is 0 Å². The standard InChI is InChI=1S/C20H23NO4/c1-14(16-9-6-10-17(12-16)25-2)11-19(22)21-18(13-20(23)24)15-7-4-3-5-8-15/h3-10,12,14,18H,11,13H2,1-2H3,(H,21,22)(H,23,24). The van der Waals surface area contributed by atoms with Crippen molar-refractivity contribution >= 4 is 11.9 Å². The van der Waals surface area contributed by atoms with E-state index in [1.165, 1.54) is 0 Å². The van der Waals surface area contributed by atoms with Gasteiger partial charge in [0.15, 0.2) is 0 Å². The third-order valence-electron chi connectivity index (χ3n) is 4.07. The number of carbonyl (C=O) groups is 2. The molecular formula is C20H23NO4. The summed E-state index contributed by atoms with van der Waals surface area (Å²) in [6.45, 7) is 1.96. The van der Waals surface area contributed by atoms with Crippen molar-refractivity contribution in [2.24, 2.45) is 0 Å². The lowest BCUT2D eigenvalue weighted by molar-refractivity contribution is -0.137. The molecule has 0 saturated carbocycles. The van der Waals surface area contributed by atoms with Crippen LogP contribution in [0.1, 0.15) is 42.9 Å². The van der Waals surface area contributed by atoms with Gasteiger partial charge >= 0.3 is 5.97 Å². The van der Waals surface area contributed by atoms with Crippen molar-refractivity contribution in [1.82, 2.24) is 5.32 Å². The molecule has 132 valence electrons. The second-order valence-corrected chi connectivity index (χ2v) is 6.01. The predicted molar refractivity (Wildman–Crippen MR) is 95.6 cm³/mol. The number of carbonyl (C=O) groups excluding carboxylic acids is 1. The van der Waals surface area contributed by atoms with Crippen molar-refractivity contribution in [2.45, 2.75) is 31.7 Å². The zero-order valence-corrected chi connectivity index (χ0v) is 14.4. The molecule has 2 rings (SSSR count). The van der Waals surface area contributed by atoms with Crippen molar-refractivity contribution in [3.63, 3.8) is 0 Å². The van der Waals surface area contributed by atoms with Crippen LogP contribution >= 0.6 is 0 Å². The highest BCUT2D eigenvalue weighted by Crippen LogP contribution is 2.24. The Morgan fingerprint density at radius 2 is 1.72 bits per heavy atom. The first-order chi connectivity index (χ1) is 12.0. The molecule has 0 aliphatic rings. The molecule has 5 nitrogen and oxygen atoms in total. The van der Waals surface area contributed by atoms with Gasteiger partial charge in [-0.05, 0) is 29.2 Å². The van der Waals surface area contributed by atoms with Gasteiger partial charge in [0.1, 0.15) is 5.75 Å². The van der Waals surface area contributed by atoms with Crippen LogP contribution in [0.3, 0.4) is 0 Å². The number of nitrogens with one attached hydrogen (secondary N) is 1. The van der Waals surface area contributed by atoms with Crippen molar-refractivity contribution in [2.75, 3.05) is 7.11 Å². The Morgan fingerprint density at radius 1 is 1.04 bits per heavy atom. The van der Waals surface area contributed by atoms with Crippen LogP contribution in [0.5, 0.6) is 5.75 Å². The Morgan fingerprint density at radius 3 is 2.36 bits per heavy atom. The fraction of sp³-hybridized carbons (Fsp3) is 0.300. The van der Waals surface area contributed by atoms with E-state index >= 15 is 0 Å². The monoisotopic (exact) mass is 341 g/mol. The molecule has 5 heteroatoms. The molecule has 2 N–H and O–H groups in total. The topological polar surface area (TPSA) is 75.6 Å². The minimum Gasteiger partial charge on any atom is -0.497 e. The smallest absolute Gasteiger partial charge is 0.305 e. The van der Waals surface area contributed by atoms with Crippen LogP contribution in [0.4, 0.5) is 0 Å². The van der Waals surface area contributed by atoms with E-state index < -0.39 is 12.0 Å². The van der Waals surface area contributed by atoms with Gasteiger partial charge in [0.05, 0.1) is 19.6 Å². The Hall–Kier alpha value is -2.82. The van der Waals surface area contributed by atoms with Gasteiger partial charge in [-0.15, -0.1) is 0 Å². The highest BCUT2D eigenvalue weighted by atomic mass is 16.5. The van der Waals surface area contributed by atoms with Gasteiger partial charge in [0, 0.05) is 6.42 Å². The molecular weight excluding hydrogens is 318 g/mol. The number of carboxylic acids is 1. The van der Waals surface area contributed by atoms with Gasteiger partial charge < -0.3 is 15.2 Å². The summed E-state index contributed by atoms with van der Waals surface area (Å²) < 4.78 is 5.21. The van der Waals surface area contributed by atoms with Crippen molar-refractivity contribution in [3.05, 3.63) is 65.7 Å². The summed E-state index contributed by atoms with van der Waals surface area (Å²) in [6, 6.07) is 16.2. The molecule has 0 aromatic heterocycles. The van der Waals surface area contributed by atoms with Crippen LogP contribution in [0.25, 0.3) is 0 Å². The van der Waals surface area contributed by atoms with Gasteiger partial charge in [0.25, 0.3) is 0 Å². The first-order valence-electron chi connectivity index (χ1n) is 8.19. The van der Waals surface area contributed by atoms with Gasteiger partial charge in [0.2, 0.25) is 5.91 Å². The summed E-state index contributed by atoms with van der Waals surface area (Å²) in [6.07, 6.45) is 0.124. The number of amides is 1. The van der Waals surface area contributed by atoms with E-state index in [9.17, 15) is 9.59 Å². The normalized spacial score (nSPS) is 12.9. The fourth-order valence-corrected chi connectivity index (χ4v) is 2.71. The van der Waals surface area contributed by atoms with E-state index in [0.717, 1.165) is 16.9 Å². The maximum absolute atomic E-state index is 12.4. The maximum Gasteiger partial charge on any atom is 0.305 e. The predicted octanol–water partition coefficient (Wildman–Crippen LogP) is 3.52. The zero-order valence-electron chi connectivity index (χ0n) is 14.4. The first kappa shape index (κ1) is 18.5. The molecule has 25 heavy (non-hydrogen) atoms. The highest BCUT2D eigenvalue weighted by Gasteiger charge is 2.19. The lowest BCUT2D eigenvalue weighted by atomic mass is 9.96. The molecule has 0 bridgehead atoms. The van der Waals surface area contributed by atoms with Crippen molar-refractivity contribution < 1.29 is 19.4 Å². The largest absolute Gasteiger partial charge is 0.497 e. The molecule has 0 heterocycles. The van der Waals surface area contributed by atoms with Crippen molar-refractivity contribution in [1.29, 1.82) is 0 Å². The molecule has 2 aromatic carbocycles. The van der Waals surface area contributed by atoms with Gasteiger partial charge in [-0.1, -0.05) is 49.4 Å². The van der Waals surface area contributed by atoms with Crippen molar-refractivity contribution in [3.8, 4) is 5.75 Å². The number of ether oxygens (including phenoxy) is 1. The molecule has 0 fully saturated rings. The summed E-state index contributed by atoms with van der Waals surface area (Å²) in [5.74, 6) is -0.380. The minimum atomic E-state index is -0.949. The Bertz CT molecular complexity index is 715. The molecule has 0 spiro atoms. The van der Waals surface area contributed by atoms with Crippen LogP contribution in [0, 0.1) is 0 Å². The van der Waals surface area contributed by atoms with Crippen LogP contribution in [0.2, 0.25) is 0 Å². The van der Waals surface area contributed by atoms with Gasteiger partial charge in [-0.25, -0.2) is 0 Å². The van der Waals surface area contributed by atoms with E-state index in [4.69, 9.17) is 9.84 Å². The number of carboxylic acid groups (broad SMARTS) is 1. The molecule has 1 amide bonds. The quantitative estimate of drug-likeness (QED) is 0.770. The van der Waals surface area contributed by atoms with E-state index in [1.54, 1.807) is 7.11 Å². The van der Waals surface area contributed by atoms with E-state index in [1.807, 2.05) is 61.5 Å². The number of hydrogen-bond acceptors (Lipinski definition) is 3. The minimum absolute atomic E-state index is 0.00338. The average Bonchev–Trinajstić information content (AvgIpc) is 2.61. The summed E-state index contributed by atoms with van der Waals surface area (Å²) in [7, 11) is 1.60. The lowest BCUT2D eigenvalue weighted by Crippen LogP contribution is -2.30. The molecule has 2 unspecified atom stereocenters. The van der Waals surface area contributed by atoms with Gasteiger partial charge in [-0.3, -0.25) is 9.59 Å². The summed E-state index contributed by atoms with van der Waals surface area (Å²) >= 11 is 0. The van der Waals surface area contributed by atoms with Crippen LogP contribution < -0.4 is 10.1 Å². The number of aliphatic carboxylic acids is 1. The number of benzene rings is 2. The van der Waals surface area contributed by atoms with E-state index in [-0.39, 0.29) is 24.7 Å². The highest BCUT2D eigenvalue weighted by molar-refractivity contribution is 5.78. The molecule has 0 radical (unpaired) electrons. The Balaban J connectivity index is 2.04. The molecule has 0 aliphatic carbocycles. The lowest BCUT2D eigenvalue weighted by Gasteiger charge is -2.19. The van der Waals surface area contributed by atoms with Crippen LogP contribution in [-0.2, 0) is 9.59 Å². The zero-order chi connectivity index (χ0) is 18.2. The maximum atomic E-state index is 12.4. The number of rotatable bonds is 8. The molecule has 0 saturated heterocycles. The summed E-state index contributed by atoms with van der Waals surface area (Å²) in [4.78, 5) is 23.5. The molecule has 2 atom stereocenters. The molecule has 0 aliphatic heterocycles. The Labute approximate surface area is 147 Å². The van der Waals surface area contributed by atoms with Gasteiger partial charge in [-0.2, -0.15) is 0 Å².